The Kier molecular flexibility index (Phi) is 9.19. The molecule has 0 N–H and O–H groups in total. The Morgan fingerprint density at radius 2 is 0.900 bits per heavy atom. The molecule has 0 atom stereocenters. The van der Waals surface area contributed by atoms with Crippen LogP contribution >= 0.6 is 20.1 Å². The lowest BCUT2D eigenvalue weighted by molar-refractivity contribution is -0.108. The van der Waals surface area contributed by atoms with E-state index in [-0.39, 0.29) is 5.78 Å². The Morgan fingerprint density at radius 1 is 0.650 bits per heavy atom. The molecule has 0 saturated heterocycles. The first-order valence-electron chi connectivity index (χ1n) is 7.59. The van der Waals surface area contributed by atoms with Crippen LogP contribution in [-0.4, -0.2) is 40.3 Å². The summed E-state index contributed by atoms with van der Waals surface area (Å²) in [5.74, 6) is 11.9. The van der Waals surface area contributed by atoms with Gasteiger partial charge in [-0.3, -0.25) is 4.79 Å². The maximum absolute atomic E-state index is 11.9. The van der Waals surface area contributed by atoms with Crippen molar-refractivity contribution in [2.45, 2.75) is 41.5 Å². The minimum absolute atomic E-state index is 0.190. The highest BCUT2D eigenvalue weighted by Gasteiger charge is 2.15. The number of hydrogen-bond acceptors (Lipinski definition) is 1. The molecule has 0 aromatic heterocycles. The fourth-order valence-corrected chi connectivity index (χ4v) is 5.93. The van der Waals surface area contributed by atoms with Gasteiger partial charge in [-0.1, -0.05) is 41.5 Å². The zero-order valence-electron chi connectivity index (χ0n) is 14.0. The SMILES string of the molecule is CCS(C#CC(=O)C#CS(CC)(CC)CC)(CC)CC. The van der Waals surface area contributed by atoms with Crippen LogP contribution in [-0.2, 0) is 4.79 Å². The van der Waals surface area contributed by atoms with Gasteiger partial charge in [0.05, 0.1) is 0 Å². The van der Waals surface area contributed by atoms with Gasteiger partial charge in [0, 0.05) is 0 Å². The van der Waals surface area contributed by atoms with Crippen molar-refractivity contribution in [3.8, 4) is 22.3 Å². The van der Waals surface area contributed by atoms with Crippen molar-refractivity contribution in [2.75, 3.05) is 34.5 Å². The van der Waals surface area contributed by atoms with Crippen molar-refractivity contribution in [3.63, 3.8) is 0 Å². The summed E-state index contributed by atoms with van der Waals surface area (Å²) >= 11 is 0. The molecule has 0 unspecified atom stereocenters. The molecular weight excluding hydrogens is 284 g/mol. The lowest BCUT2D eigenvalue weighted by Crippen LogP contribution is -2.07. The maximum Gasteiger partial charge on any atom is 0.280 e. The Balaban J connectivity index is 5.08. The monoisotopic (exact) mass is 314 g/mol. The average molecular weight is 315 g/mol. The summed E-state index contributed by atoms with van der Waals surface area (Å²) in [5, 5.41) is 6.53. The van der Waals surface area contributed by atoms with E-state index in [1.807, 2.05) is 0 Å². The number of rotatable bonds is 6. The van der Waals surface area contributed by atoms with Gasteiger partial charge in [0.25, 0.3) is 5.78 Å². The first kappa shape index (κ1) is 19.5. The van der Waals surface area contributed by atoms with Gasteiger partial charge in [-0.05, 0) is 56.9 Å². The maximum atomic E-state index is 11.9. The highest BCUT2D eigenvalue weighted by molar-refractivity contribution is 8.37. The van der Waals surface area contributed by atoms with Gasteiger partial charge in [0.1, 0.15) is 0 Å². The van der Waals surface area contributed by atoms with Crippen molar-refractivity contribution < 1.29 is 4.79 Å². The van der Waals surface area contributed by atoms with E-state index in [1.165, 1.54) is 0 Å². The summed E-state index contributed by atoms with van der Waals surface area (Å²) in [4.78, 5) is 11.9. The minimum atomic E-state index is -0.919. The second kappa shape index (κ2) is 9.43. The second-order valence-electron chi connectivity index (χ2n) is 4.61. The van der Waals surface area contributed by atoms with Gasteiger partial charge < -0.3 is 0 Å². The van der Waals surface area contributed by atoms with Crippen LogP contribution in [0, 0.1) is 22.3 Å². The van der Waals surface area contributed by atoms with Crippen molar-refractivity contribution >= 4 is 25.8 Å². The minimum Gasteiger partial charge on any atom is -0.270 e. The van der Waals surface area contributed by atoms with E-state index in [9.17, 15) is 4.79 Å². The molecule has 20 heavy (non-hydrogen) atoms. The fourth-order valence-electron chi connectivity index (χ4n) is 2.00. The molecule has 0 aliphatic carbocycles. The quantitative estimate of drug-likeness (QED) is 0.671. The van der Waals surface area contributed by atoms with Gasteiger partial charge in [0.15, 0.2) is 0 Å². The first-order chi connectivity index (χ1) is 9.46. The first-order valence-corrected chi connectivity index (χ1v) is 11.9. The van der Waals surface area contributed by atoms with Crippen LogP contribution in [0.3, 0.4) is 0 Å². The van der Waals surface area contributed by atoms with Gasteiger partial charge in [-0.25, -0.2) is 0 Å². The molecule has 0 rings (SSSR count). The smallest absolute Gasteiger partial charge is 0.270 e. The third kappa shape index (κ3) is 5.47. The van der Waals surface area contributed by atoms with E-state index in [0.717, 1.165) is 34.5 Å². The van der Waals surface area contributed by atoms with Crippen LogP contribution in [0.25, 0.3) is 0 Å². The van der Waals surface area contributed by atoms with E-state index >= 15 is 0 Å². The lowest BCUT2D eigenvalue weighted by atomic mass is 10.4. The molecule has 0 saturated carbocycles. The fraction of sp³-hybridized carbons (Fsp3) is 0.706. The molecule has 1 nitrogen and oxygen atoms in total. The van der Waals surface area contributed by atoms with E-state index < -0.39 is 20.1 Å². The zero-order valence-corrected chi connectivity index (χ0v) is 15.6. The summed E-state index contributed by atoms with van der Waals surface area (Å²) in [7, 11) is -1.84. The van der Waals surface area contributed by atoms with Gasteiger partial charge in [0.2, 0.25) is 0 Å². The largest absolute Gasteiger partial charge is 0.280 e. The molecule has 0 heterocycles. The van der Waals surface area contributed by atoms with Gasteiger partial charge in [-0.2, -0.15) is 20.1 Å². The van der Waals surface area contributed by atoms with E-state index in [4.69, 9.17) is 0 Å². The summed E-state index contributed by atoms with van der Waals surface area (Å²) in [6, 6.07) is 0. The van der Waals surface area contributed by atoms with E-state index in [1.54, 1.807) is 0 Å². The van der Waals surface area contributed by atoms with Crippen LogP contribution in [0.5, 0.6) is 0 Å². The Hall–Kier alpha value is -0.510. The second-order valence-corrected chi connectivity index (χ2v) is 12.7. The highest BCUT2D eigenvalue weighted by Crippen LogP contribution is 2.46. The summed E-state index contributed by atoms with van der Waals surface area (Å²) in [6.45, 7) is 13.0. The molecule has 0 fully saturated rings. The average Bonchev–Trinajstić information content (AvgIpc) is 2.51. The van der Waals surface area contributed by atoms with Crippen LogP contribution in [0.2, 0.25) is 0 Å². The summed E-state index contributed by atoms with van der Waals surface area (Å²) in [5.41, 5.74) is 0. The lowest BCUT2D eigenvalue weighted by Gasteiger charge is -2.30. The molecule has 0 aliphatic rings. The van der Waals surface area contributed by atoms with Crippen LogP contribution in [0.15, 0.2) is 0 Å². The molecule has 0 amide bonds. The van der Waals surface area contributed by atoms with E-state index in [2.05, 4.69) is 63.9 Å². The Labute approximate surface area is 129 Å². The molecule has 0 aromatic carbocycles. The number of ketones is 1. The highest BCUT2D eigenvalue weighted by atomic mass is 32.3. The topological polar surface area (TPSA) is 17.1 Å². The van der Waals surface area contributed by atoms with Crippen molar-refractivity contribution in [1.29, 1.82) is 0 Å². The number of hydrogen-bond donors (Lipinski definition) is 0. The van der Waals surface area contributed by atoms with Crippen molar-refractivity contribution in [2.24, 2.45) is 0 Å². The van der Waals surface area contributed by atoms with Crippen LogP contribution in [0.1, 0.15) is 41.5 Å². The van der Waals surface area contributed by atoms with Crippen molar-refractivity contribution in [1.82, 2.24) is 0 Å². The number of carbonyl (C=O) groups is 1. The zero-order chi connectivity index (χ0) is 15.6. The molecule has 3 heteroatoms. The van der Waals surface area contributed by atoms with Crippen molar-refractivity contribution in [3.05, 3.63) is 0 Å². The molecule has 116 valence electrons. The van der Waals surface area contributed by atoms with E-state index in [0.29, 0.717) is 0 Å². The molecular formula is C17H30OS2. The predicted molar refractivity (Wildman–Crippen MR) is 99.0 cm³/mol. The van der Waals surface area contributed by atoms with Crippen LogP contribution in [0.4, 0.5) is 0 Å². The third-order valence-corrected chi connectivity index (χ3v) is 11.8. The summed E-state index contributed by atoms with van der Waals surface area (Å²) < 4.78 is 0. The molecule has 0 spiro atoms. The number of carbonyl (C=O) groups excluding carboxylic acids is 1. The molecule has 0 aliphatic heterocycles. The standard InChI is InChI=1S/C17H30OS2/c1-7-19(8-2,9-3)15-13-17(18)14-16-20(10-4,11-5)12-6/h7-12H2,1-6H3. The molecule has 0 bridgehead atoms. The Bertz CT molecular complexity index is 367. The normalized spacial score (nSPS) is 12.7. The number of Topliss-reactive ketones (excluding diaryl/α,β-unsaturated/α-hetero) is 1. The van der Waals surface area contributed by atoms with Gasteiger partial charge >= 0.3 is 0 Å². The van der Waals surface area contributed by atoms with Gasteiger partial charge in [-0.15, -0.1) is 0 Å². The van der Waals surface area contributed by atoms with Crippen LogP contribution < -0.4 is 0 Å². The summed E-state index contributed by atoms with van der Waals surface area (Å²) in [6.07, 6.45) is 0. The molecule has 0 radical (unpaired) electrons. The third-order valence-electron chi connectivity index (χ3n) is 4.08. The Morgan fingerprint density at radius 3 is 1.10 bits per heavy atom. The molecule has 0 aromatic rings. The predicted octanol–water partition coefficient (Wildman–Crippen LogP) is 4.21.